The number of aliphatic hydroxyl groups is 1. The number of nitrogens with one attached hydrogen (secondary N) is 1. The van der Waals surface area contributed by atoms with E-state index in [0.717, 1.165) is 22.8 Å². The summed E-state index contributed by atoms with van der Waals surface area (Å²) in [7, 11) is 0. The standard InChI is InChI=1S/C18H25N3O2S/c1-13-10-17(18(23)20-16(7-9-22)12-24-3)14(2)21(13)11-15-6-4-5-8-19-15/h4-6,8,10,16,22H,7,9,11-12H2,1-3H3,(H,20,23). The number of carbonyl (C=O) groups excluding carboxylic acids is 1. The molecule has 5 nitrogen and oxygen atoms in total. The second-order valence-corrected chi connectivity index (χ2v) is 6.74. The van der Waals surface area contributed by atoms with Crippen molar-refractivity contribution in [2.24, 2.45) is 0 Å². The van der Waals surface area contributed by atoms with Gasteiger partial charge < -0.3 is 15.0 Å². The third-order valence-electron chi connectivity index (χ3n) is 4.05. The predicted molar refractivity (Wildman–Crippen MR) is 98.6 cm³/mol. The molecule has 0 aliphatic carbocycles. The van der Waals surface area contributed by atoms with Gasteiger partial charge in [-0.1, -0.05) is 6.07 Å². The number of amides is 1. The van der Waals surface area contributed by atoms with Crippen molar-refractivity contribution in [2.75, 3.05) is 18.6 Å². The van der Waals surface area contributed by atoms with Crippen molar-refractivity contribution in [2.45, 2.75) is 32.9 Å². The van der Waals surface area contributed by atoms with Gasteiger partial charge in [0.15, 0.2) is 0 Å². The van der Waals surface area contributed by atoms with Gasteiger partial charge >= 0.3 is 0 Å². The maximum atomic E-state index is 12.6. The molecule has 1 atom stereocenters. The van der Waals surface area contributed by atoms with Crippen molar-refractivity contribution in [3.8, 4) is 0 Å². The van der Waals surface area contributed by atoms with Crippen LogP contribution in [0.3, 0.4) is 0 Å². The first-order valence-corrected chi connectivity index (χ1v) is 9.43. The molecule has 1 amide bonds. The van der Waals surface area contributed by atoms with Crippen LogP contribution in [-0.4, -0.2) is 45.2 Å². The molecule has 0 saturated heterocycles. The summed E-state index contributed by atoms with van der Waals surface area (Å²) in [5.74, 6) is 0.710. The van der Waals surface area contributed by atoms with Crippen LogP contribution in [0, 0.1) is 13.8 Å². The molecule has 0 fully saturated rings. The molecule has 0 aliphatic rings. The Morgan fingerprint density at radius 2 is 2.21 bits per heavy atom. The summed E-state index contributed by atoms with van der Waals surface area (Å²) in [6, 6.07) is 7.74. The number of rotatable bonds is 8. The summed E-state index contributed by atoms with van der Waals surface area (Å²) in [5.41, 5.74) is 3.62. The number of aliphatic hydroxyl groups excluding tert-OH is 1. The van der Waals surface area contributed by atoms with Gasteiger partial charge in [-0.15, -0.1) is 0 Å². The number of hydrogen-bond donors (Lipinski definition) is 2. The van der Waals surface area contributed by atoms with Gasteiger partial charge in [0.05, 0.1) is 17.8 Å². The monoisotopic (exact) mass is 347 g/mol. The van der Waals surface area contributed by atoms with Crippen LogP contribution in [0.1, 0.15) is 33.9 Å². The van der Waals surface area contributed by atoms with Crippen molar-refractivity contribution >= 4 is 17.7 Å². The van der Waals surface area contributed by atoms with Crippen molar-refractivity contribution in [3.05, 3.63) is 53.1 Å². The van der Waals surface area contributed by atoms with E-state index in [0.29, 0.717) is 18.5 Å². The second-order valence-electron chi connectivity index (χ2n) is 5.83. The second kappa shape index (κ2) is 8.89. The summed E-state index contributed by atoms with van der Waals surface area (Å²) in [6.07, 6.45) is 4.34. The third kappa shape index (κ3) is 4.61. The fourth-order valence-electron chi connectivity index (χ4n) is 2.75. The molecular weight excluding hydrogens is 322 g/mol. The Kier molecular flexibility index (Phi) is 6.87. The number of nitrogens with zero attached hydrogens (tertiary/aromatic N) is 2. The SMILES string of the molecule is CSCC(CCO)NC(=O)c1cc(C)n(Cc2ccccn2)c1C. The van der Waals surface area contributed by atoms with E-state index in [-0.39, 0.29) is 18.6 Å². The Bertz CT molecular complexity index is 664. The molecule has 0 aromatic carbocycles. The highest BCUT2D eigenvalue weighted by Gasteiger charge is 2.19. The molecule has 2 N–H and O–H groups in total. The van der Waals surface area contributed by atoms with Crippen molar-refractivity contribution < 1.29 is 9.90 Å². The summed E-state index contributed by atoms with van der Waals surface area (Å²) < 4.78 is 2.10. The Labute approximate surface area is 147 Å². The molecule has 24 heavy (non-hydrogen) atoms. The van der Waals surface area contributed by atoms with Gasteiger partial charge in [-0.25, -0.2) is 0 Å². The molecule has 0 aliphatic heterocycles. The van der Waals surface area contributed by atoms with Crippen LogP contribution < -0.4 is 5.32 Å². The Hall–Kier alpha value is -1.79. The minimum Gasteiger partial charge on any atom is -0.396 e. The topological polar surface area (TPSA) is 67.2 Å². The van der Waals surface area contributed by atoms with Crippen molar-refractivity contribution in [1.29, 1.82) is 0 Å². The zero-order valence-corrected chi connectivity index (χ0v) is 15.3. The van der Waals surface area contributed by atoms with Gasteiger partial charge in [-0.3, -0.25) is 9.78 Å². The summed E-state index contributed by atoms with van der Waals surface area (Å²) in [4.78, 5) is 17.0. The number of carbonyl (C=O) groups is 1. The lowest BCUT2D eigenvalue weighted by atomic mass is 10.2. The van der Waals surface area contributed by atoms with E-state index in [1.807, 2.05) is 44.4 Å². The largest absolute Gasteiger partial charge is 0.396 e. The predicted octanol–water partition coefficient (Wildman–Crippen LogP) is 2.39. The normalized spacial score (nSPS) is 12.2. The Morgan fingerprint density at radius 1 is 1.42 bits per heavy atom. The highest BCUT2D eigenvalue weighted by Crippen LogP contribution is 2.17. The zero-order chi connectivity index (χ0) is 17.5. The first kappa shape index (κ1) is 18.5. The van der Waals surface area contributed by atoms with E-state index in [4.69, 9.17) is 5.11 Å². The fourth-order valence-corrected chi connectivity index (χ4v) is 3.40. The lowest BCUT2D eigenvalue weighted by molar-refractivity contribution is 0.0934. The van der Waals surface area contributed by atoms with Gasteiger partial charge in [-0.2, -0.15) is 11.8 Å². The smallest absolute Gasteiger partial charge is 0.253 e. The quantitative estimate of drug-likeness (QED) is 0.769. The molecule has 2 aromatic heterocycles. The molecule has 2 rings (SSSR count). The lowest BCUT2D eigenvalue weighted by Gasteiger charge is -2.16. The molecule has 2 aromatic rings. The first-order chi connectivity index (χ1) is 11.6. The summed E-state index contributed by atoms with van der Waals surface area (Å²) in [5, 5.41) is 12.2. The van der Waals surface area contributed by atoms with E-state index in [1.165, 1.54) is 0 Å². The van der Waals surface area contributed by atoms with Crippen molar-refractivity contribution in [3.63, 3.8) is 0 Å². The lowest BCUT2D eigenvalue weighted by Crippen LogP contribution is -2.37. The van der Waals surface area contributed by atoms with E-state index >= 15 is 0 Å². The number of thioether (sulfide) groups is 1. The molecule has 6 heteroatoms. The van der Waals surface area contributed by atoms with E-state index in [2.05, 4.69) is 14.9 Å². The van der Waals surface area contributed by atoms with E-state index < -0.39 is 0 Å². The fraction of sp³-hybridized carbons (Fsp3) is 0.444. The van der Waals surface area contributed by atoms with Crippen LogP contribution >= 0.6 is 11.8 Å². The number of pyridine rings is 1. The van der Waals surface area contributed by atoms with Crippen LogP contribution in [0.5, 0.6) is 0 Å². The number of aryl methyl sites for hydroxylation is 1. The van der Waals surface area contributed by atoms with Gasteiger partial charge in [0.2, 0.25) is 0 Å². The molecule has 1 unspecified atom stereocenters. The first-order valence-electron chi connectivity index (χ1n) is 8.04. The van der Waals surface area contributed by atoms with Crippen LogP contribution in [-0.2, 0) is 6.54 Å². The molecule has 2 heterocycles. The molecule has 130 valence electrons. The molecule has 0 spiro atoms. The minimum absolute atomic E-state index is 0.0173. The van der Waals surface area contributed by atoms with Gasteiger partial charge in [-0.05, 0) is 44.7 Å². The Morgan fingerprint density at radius 3 is 2.83 bits per heavy atom. The van der Waals surface area contributed by atoms with Crippen LogP contribution in [0.2, 0.25) is 0 Å². The number of hydrogen-bond acceptors (Lipinski definition) is 4. The Balaban J connectivity index is 2.16. The van der Waals surface area contributed by atoms with E-state index in [9.17, 15) is 4.79 Å². The molecular formula is C18H25N3O2S. The van der Waals surface area contributed by atoms with Crippen LogP contribution in [0.25, 0.3) is 0 Å². The highest BCUT2D eigenvalue weighted by atomic mass is 32.2. The van der Waals surface area contributed by atoms with Crippen LogP contribution in [0.4, 0.5) is 0 Å². The maximum absolute atomic E-state index is 12.6. The maximum Gasteiger partial charge on any atom is 0.253 e. The molecule has 0 radical (unpaired) electrons. The highest BCUT2D eigenvalue weighted by molar-refractivity contribution is 7.98. The van der Waals surface area contributed by atoms with Gasteiger partial charge in [0.1, 0.15) is 0 Å². The van der Waals surface area contributed by atoms with Crippen molar-refractivity contribution in [1.82, 2.24) is 14.9 Å². The van der Waals surface area contributed by atoms with Gasteiger partial charge in [0, 0.05) is 36.0 Å². The molecule has 0 bridgehead atoms. The zero-order valence-electron chi connectivity index (χ0n) is 14.5. The average molecular weight is 347 g/mol. The van der Waals surface area contributed by atoms with Crippen LogP contribution in [0.15, 0.2) is 30.5 Å². The third-order valence-corrected chi connectivity index (χ3v) is 4.78. The number of aromatic nitrogens is 2. The summed E-state index contributed by atoms with van der Waals surface area (Å²) in [6.45, 7) is 4.68. The average Bonchev–Trinajstić information content (AvgIpc) is 2.84. The van der Waals surface area contributed by atoms with Gasteiger partial charge in [0.25, 0.3) is 5.91 Å². The van der Waals surface area contributed by atoms with E-state index in [1.54, 1.807) is 18.0 Å². The molecule has 0 saturated carbocycles. The minimum atomic E-state index is -0.0807. The summed E-state index contributed by atoms with van der Waals surface area (Å²) >= 11 is 1.66.